The van der Waals surface area contributed by atoms with Gasteiger partial charge in [-0.3, -0.25) is 10.1 Å². The van der Waals surface area contributed by atoms with Crippen molar-refractivity contribution in [1.82, 2.24) is 4.98 Å². The lowest BCUT2D eigenvalue weighted by Gasteiger charge is -2.11. The number of amides is 2. The van der Waals surface area contributed by atoms with Crippen molar-refractivity contribution in [2.24, 2.45) is 0 Å². The van der Waals surface area contributed by atoms with Crippen LogP contribution in [0.5, 0.6) is 0 Å². The summed E-state index contributed by atoms with van der Waals surface area (Å²) in [6, 6.07) is 4.92. The fourth-order valence-corrected chi connectivity index (χ4v) is 3.18. The van der Waals surface area contributed by atoms with Crippen LogP contribution in [0.1, 0.15) is 54.2 Å². The standard InChI is InChI=1S/C19H23N3O3S/c1-3-4-5-6-17(24)15-11-13(2)7-8-16(15)21-18(25)22-19-20-14(9-10-23)12-26-19/h7-8,10-12H,3-6,9H2,1-2H3,(H2,20,21,22,25). The molecule has 1 aromatic carbocycles. The Kier molecular flexibility index (Phi) is 7.47. The number of nitrogens with zero attached hydrogens (tertiary/aromatic N) is 1. The number of hydrogen-bond donors (Lipinski definition) is 2. The monoisotopic (exact) mass is 373 g/mol. The quantitative estimate of drug-likeness (QED) is 0.382. The number of benzene rings is 1. The largest absolute Gasteiger partial charge is 0.325 e. The molecule has 1 heterocycles. The number of thiazole rings is 1. The van der Waals surface area contributed by atoms with Crippen molar-refractivity contribution in [1.29, 1.82) is 0 Å². The van der Waals surface area contributed by atoms with Gasteiger partial charge in [-0.05, 0) is 25.5 Å². The highest BCUT2D eigenvalue weighted by Gasteiger charge is 2.14. The molecule has 1 aromatic heterocycles. The molecule has 7 heteroatoms. The van der Waals surface area contributed by atoms with Gasteiger partial charge in [-0.15, -0.1) is 11.3 Å². The molecule has 0 aliphatic carbocycles. The van der Waals surface area contributed by atoms with Crippen molar-refractivity contribution >= 4 is 40.3 Å². The summed E-state index contributed by atoms with van der Waals surface area (Å²) in [6.07, 6.45) is 4.35. The van der Waals surface area contributed by atoms with Crippen molar-refractivity contribution in [3.63, 3.8) is 0 Å². The van der Waals surface area contributed by atoms with Crippen LogP contribution in [0.25, 0.3) is 0 Å². The zero-order chi connectivity index (χ0) is 18.9. The molecule has 2 aromatic rings. The molecule has 0 saturated carbocycles. The average molecular weight is 373 g/mol. The Bertz CT molecular complexity index is 786. The van der Waals surface area contributed by atoms with E-state index in [4.69, 9.17) is 0 Å². The fraction of sp³-hybridized carbons (Fsp3) is 0.368. The number of anilines is 2. The minimum absolute atomic E-state index is 0.0277. The van der Waals surface area contributed by atoms with E-state index in [0.29, 0.717) is 28.5 Å². The number of unbranched alkanes of at least 4 members (excludes halogenated alkanes) is 2. The summed E-state index contributed by atoms with van der Waals surface area (Å²) in [5, 5.41) is 7.48. The smallest absolute Gasteiger partial charge is 0.307 e. The van der Waals surface area contributed by atoms with Gasteiger partial charge in [-0.1, -0.05) is 31.4 Å². The van der Waals surface area contributed by atoms with Gasteiger partial charge in [0.05, 0.1) is 11.4 Å². The first-order chi connectivity index (χ1) is 12.5. The predicted molar refractivity (Wildman–Crippen MR) is 104 cm³/mol. The number of aldehydes is 1. The number of hydrogen-bond acceptors (Lipinski definition) is 5. The van der Waals surface area contributed by atoms with E-state index in [1.807, 2.05) is 13.0 Å². The minimum atomic E-state index is -0.469. The Morgan fingerprint density at radius 1 is 1.23 bits per heavy atom. The third-order valence-corrected chi connectivity index (χ3v) is 4.60. The molecular weight excluding hydrogens is 350 g/mol. The van der Waals surface area contributed by atoms with E-state index < -0.39 is 6.03 Å². The maximum atomic E-state index is 12.5. The van der Waals surface area contributed by atoms with Gasteiger partial charge >= 0.3 is 6.03 Å². The highest BCUT2D eigenvalue weighted by molar-refractivity contribution is 7.13. The zero-order valence-corrected chi connectivity index (χ0v) is 15.8. The molecule has 0 fully saturated rings. The molecule has 0 atom stereocenters. The van der Waals surface area contributed by atoms with Crippen LogP contribution in [0.4, 0.5) is 15.6 Å². The number of nitrogens with one attached hydrogen (secondary N) is 2. The lowest BCUT2D eigenvalue weighted by molar-refractivity contribution is -0.107. The maximum absolute atomic E-state index is 12.5. The highest BCUT2D eigenvalue weighted by Crippen LogP contribution is 2.21. The van der Waals surface area contributed by atoms with Crippen LogP contribution in [0.2, 0.25) is 0 Å². The summed E-state index contributed by atoms with van der Waals surface area (Å²) in [5.41, 5.74) is 2.59. The third kappa shape index (κ3) is 5.77. The topological polar surface area (TPSA) is 88.2 Å². The zero-order valence-electron chi connectivity index (χ0n) is 15.0. The summed E-state index contributed by atoms with van der Waals surface area (Å²) in [7, 11) is 0. The number of rotatable bonds is 9. The van der Waals surface area contributed by atoms with Gasteiger partial charge in [0.2, 0.25) is 0 Å². The van der Waals surface area contributed by atoms with E-state index in [1.54, 1.807) is 17.5 Å². The van der Waals surface area contributed by atoms with Gasteiger partial charge in [-0.2, -0.15) is 0 Å². The van der Waals surface area contributed by atoms with Crippen molar-refractivity contribution in [3.05, 3.63) is 40.4 Å². The second-order valence-corrected chi connectivity index (χ2v) is 6.88. The highest BCUT2D eigenvalue weighted by atomic mass is 32.1. The number of urea groups is 1. The molecule has 0 aliphatic heterocycles. The van der Waals surface area contributed by atoms with Crippen LogP contribution >= 0.6 is 11.3 Å². The van der Waals surface area contributed by atoms with Gasteiger partial charge < -0.3 is 10.1 Å². The number of carbonyl (C=O) groups is 3. The Morgan fingerprint density at radius 2 is 2.04 bits per heavy atom. The molecular formula is C19H23N3O3S. The van der Waals surface area contributed by atoms with Gasteiger partial charge in [0.25, 0.3) is 0 Å². The van der Waals surface area contributed by atoms with Crippen molar-refractivity contribution < 1.29 is 14.4 Å². The third-order valence-electron chi connectivity index (χ3n) is 3.80. The van der Waals surface area contributed by atoms with Crippen LogP contribution in [0.3, 0.4) is 0 Å². The van der Waals surface area contributed by atoms with E-state index in [9.17, 15) is 14.4 Å². The average Bonchev–Trinajstić information content (AvgIpc) is 3.04. The first-order valence-electron chi connectivity index (χ1n) is 8.63. The Balaban J connectivity index is 2.06. The summed E-state index contributed by atoms with van der Waals surface area (Å²) in [5.74, 6) is 0.0277. The maximum Gasteiger partial charge on any atom is 0.325 e. The van der Waals surface area contributed by atoms with Crippen LogP contribution in [-0.4, -0.2) is 23.1 Å². The van der Waals surface area contributed by atoms with E-state index >= 15 is 0 Å². The molecule has 26 heavy (non-hydrogen) atoms. The molecule has 0 radical (unpaired) electrons. The van der Waals surface area contributed by atoms with Crippen molar-refractivity contribution in [3.8, 4) is 0 Å². The number of aromatic nitrogens is 1. The molecule has 138 valence electrons. The molecule has 2 N–H and O–H groups in total. The van der Waals surface area contributed by atoms with Crippen LogP contribution < -0.4 is 10.6 Å². The summed E-state index contributed by atoms with van der Waals surface area (Å²) < 4.78 is 0. The lowest BCUT2D eigenvalue weighted by Crippen LogP contribution is -2.21. The molecule has 2 rings (SSSR count). The molecule has 2 amide bonds. The molecule has 0 unspecified atom stereocenters. The number of ketones is 1. The molecule has 6 nitrogen and oxygen atoms in total. The normalized spacial score (nSPS) is 10.4. The van der Waals surface area contributed by atoms with E-state index in [2.05, 4.69) is 22.5 Å². The van der Waals surface area contributed by atoms with Gasteiger partial charge in [0.1, 0.15) is 6.29 Å². The Morgan fingerprint density at radius 3 is 2.77 bits per heavy atom. The molecule has 0 saturated heterocycles. The number of aryl methyl sites for hydroxylation is 1. The first-order valence-corrected chi connectivity index (χ1v) is 9.51. The van der Waals surface area contributed by atoms with Crippen LogP contribution in [0.15, 0.2) is 23.6 Å². The predicted octanol–water partition coefficient (Wildman–Crippen LogP) is 4.60. The van der Waals surface area contributed by atoms with Crippen LogP contribution in [-0.2, 0) is 11.2 Å². The number of carbonyl (C=O) groups excluding carboxylic acids is 3. The SMILES string of the molecule is CCCCCC(=O)c1cc(C)ccc1NC(=O)Nc1nc(CC=O)cs1. The summed E-state index contributed by atoms with van der Waals surface area (Å²) in [6.45, 7) is 4.00. The van der Waals surface area contributed by atoms with Crippen molar-refractivity contribution in [2.45, 2.75) is 46.0 Å². The van der Waals surface area contributed by atoms with Gasteiger partial charge in [0, 0.05) is 23.8 Å². The first kappa shape index (κ1) is 19.8. The molecule has 0 aliphatic rings. The van der Waals surface area contributed by atoms with E-state index in [0.717, 1.165) is 31.1 Å². The summed E-state index contributed by atoms with van der Waals surface area (Å²) in [4.78, 5) is 39.4. The Hall–Kier alpha value is -2.54. The molecule has 0 bridgehead atoms. The molecule has 0 spiro atoms. The van der Waals surface area contributed by atoms with Gasteiger partial charge in [0.15, 0.2) is 10.9 Å². The van der Waals surface area contributed by atoms with E-state index in [-0.39, 0.29) is 12.2 Å². The second kappa shape index (κ2) is 9.82. The Labute approximate surface area is 157 Å². The van der Waals surface area contributed by atoms with E-state index in [1.165, 1.54) is 11.3 Å². The van der Waals surface area contributed by atoms with Crippen molar-refractivity contribution in [2.75, 3.05) is 10.6 Å². The van der Waals surface area contributed by atoms with Gasteiger partial charge in [-0.25, -0.2) is 9.78 Å². The summed E-state index contributed by atoms with van der Waals surface area (Å²) >= 11 is 1.25. The minimum Gasteiger partial charge on any atom is -0.307 e. The lowest BCUT2D eigenvalue weighted by atomic mass is 10.0. The number of Topliss-reactive ketones (excluding diaryl/α,β-unsaturated/α-hetero) is 1. The fourth-order valence-electron chi connectivity index (χ4n) is 2.46. The van der Waals surface area contributed by atoms with Crippen LogP contribution in [0, 0.1) is 6.92 Å². The second-order valence-electron chi connectivity index (χ2n) is 6.02.